The van der Waals surface area contributed by atoms with Gasteiger partial charge in [-0.25, -0.2) is 0 Å². The quantitative estimate of drug-likeness (QED) is 0.900. The lowest BCUT2D eigenvalue weighted by molar-refractivity contribution is -0.101. The van der Waals surface area contributed by atoms with Gasteiger partial charge in [-0.3, -0.25) is 0 Å². The fraction of sp³-hybridized carbons (Fsp3) is 0.625. The Kier molecular flexibility index (Phi) is 3.61. The second kappa shape index (κ2) is 5.23. The Morgan fingerprint density at radius 3 is 2.32 bits per heavy atom. The monoisotopic (exact) mass is 260 g/mol. The van der Waals surface area contributed by atoms with Crippen molar-refractivity contribution in [3.05, 3.63) is 35.4 Å². The highest BCUT2D eigenvalue weighted by molar-refractivity contribution is 5.32. The number of nitrogens with zero attached hydrogens (tertiary/aromatic N) is 1. The van der Waals surface area contributed by atoms with Gasteiger partial charge in [0.05, 0.1) is 13.2 Å². The Bertz CT molecular complexity index is 417. The lowest BCUT2D eigenvalue weighted by Crippen LogP contribution is -2.54. The highest BCUT2D eigenvalue weighted by Gasteiger charge is 2.47. The van der Waals surface area contributed by atoms with Gasteiger partial charge in [0.2, 0.25) is 0 Å². The average Bonchev–Trinajstić information content (AvgIpc) is 2.40. The summed E-state index contributed by atoms with van der Waals surface area (Å²) in [6, 6.07) is 8.88. The Morgan fingerprint density at radius 2 is 1.84 bits per heavy atom. The molecule has 2 aliphatic rings. The number of ether oxygens (including phenoxy) is 1. The van der Waals surface area contributed by atoms with E-state index in [4.69, 9.17) is 10.5 Å². The highest BCUT2D eigenvalue weighted by atomic mass is 16.5. The molecule has 1 aromatic rings. The van der Waals surface area contributed by atoms with Gasteiger partial charge in [-0.15, -0.1) is 0 Å². The molecule has 104 valence electrons. The van der Waals surface area contributed by atoms with Crippen molar-refractivity contribution < 1.29 is 4.74 Å². The van der Waals surface area contributed by atoms with Crippen LogP contribution in [0.5, 0.6) is 0 Å². The summed E-state index contributed by atoms with van der Waals surface area (Å²) in [5, 5.41) is 0. The number of hydrogen-bond acceptors (Lipinski definition) is 3. The third-order valence-electron chi connectivity index (χ3n) is 4.98. The fourth-order valence-corrected chi connectivity index (χ4v) is 3.49. The van der Waals surface area contributed by atoms with Crippen LogP contribution in [0.15, 0.2) is 24.3 Å². The first-order chi connectivity index (χ1) is 9.24. The summed E-state index contributed by atoms with van der Waals surface area (Å²) in [7, 11) is 2.22. The number of piperidine rings is 1. The third-order valence-corrected chi connectivity index (χ3v) is 4.98. The van der Waals surface area contributed by atoms with Gasteiger partial charge in [0.1, 0.15) is 0 Å². The fourth-order valence-electron chi connectivity index (χ4n) is 3.49. The molecule has 3 nitrogen and oxygen atoms in total. The number of nitrogens with two attached hydrogens (primary N) is 1. The maximum Gasteiger partial charge on any atom is 0.0588 e. The predicted octanol–water partition coefficient (Wildman–Crippen LogP) is 1.76. The van der Waals surface area contributed by atoms with E-state index in [9.17, 15) is 0 Å². The minimum Gasteiger partial charge on any atom is -0.379 e. The van der Waals surface area contributed by atoms with Gasteiger partial charge in [-0.1, -0.05) is 24.3 Å². The predicted molar refractivity (Wildman–Crippen MR) is 77.1 cm³/mol. The second-order valence-electron chi connectivity index (χ2n) is 6.13. The van der Waals surface area contributed by atoms with Gasteiger partial charge in [0, 0.05) is 12.0 Å². The summed E-state index contributed by atoms with van der Waals surface area (Å²) >= 11 is 0. The molecule has 0 spiro atoms. The molecule has 0 bridgehead atoms. The zero-order valence-electron chi connectivity index (χ0n) is 11.8. The molecule has 0 aromatic heterocycles. The first-order valence-corrected chi connectivity index (χ1v) is 7.30. The standard InChI is InChI=1S/C16H24N2O/c1-18-8-6-15(7-9-18)16(11-19-12-16)14-4-2-13(10-17)3-5-14/h2-5,15H,6-12,17H2,1H3. The topological polar surface area (TPSA) is 38.5 Å². The number of benzene rings is 1. The molecule has 2 heterocycles. The minimum absolute atomic E-state index is 0.272. The molecule has 2 N–H and O–H groups in total. The summed E-state index contributed by atoms with van der Waals surface area (Å²) in [5.74, 6) is 0.765. The van der Waals surface area contributed by atoms with Crippen LogP contribution >= 0.6 is 0 Å². The molecule has 2 fully saturated rings. The van der Waals surface area contributed by atoms with E-state index in [-0.39, 0.29) is 5.41 Å². The molecule has 0 amide bonds. The Balaban J connectivity index is 1.81. The Labute approximate surface area is 115 Å². The normalized spacial score (nSPS) is 24.1. The first-order valence-electron chi connectivity index (χ1n) is 7.30. The van der Waals surface area contributed by atoms with Crippen molar-refractivity contribution in [1.82, 2.24) is 4.90 Å². The Morgan fingerprint density at radius 1 is 1.21 bits per heavy atom. The molecule has 0 aliphatic carbocycles. The van der Waals surface area contributed by atoms with Gasteiger partial charge >= 0.3 is 0 Å². The van der Waals surface area contributed by atoms with Gasteiger partial charge < -0.3 is 15.4 Å². The van der Waals surface area contributed by atoms with Crippen LogP contribution in [0.4, 0.5) is 0 Å². The average molecular weight is 260 g/mol. The number of hydrogen-bond donors (Lipinski definition) is 1. The van der Waals surface area contributed by atoms with Gasteiger partial charge in [0.15, 0.2) is 0 Å². The van der Waals surface area contributed by atoms with E-state index >= 15 is 0 Å². The van der Waals surface area contributed by atoms with Crippen LogP contribution in [0.3, 0.4) is 0 Å². The molecular weight excluding hydrogens is 236 g/mol. The highest BCUT2D eigenvalue weighted by Crippen LogP contribution is 2.44. The zero-order chi connectivity index (χ0) is 13.3. The van der Waals surface area contributed by atoms with E-state index in [2.05, 4.69) is 36.2 Å². The van der Waals surface area contributed by atoms with Gasteiger partial charge in [-0.2, -0.15) is 0 Å². The number of likely N-dealkylation sites (tertiary alicyclic amines) is 1. The molecule has 2 aliphatic heterocycles. The summed E-state index contributed by atoms with van der Waals surface area (Å²) in [5.41, 5.74) is 8.62. The lowest BCUT2D eigenvalue weighted by atomic mass is 9.65. The smallest absolute Gasteiger partial charge is 0.0588 e. The van der Waals surface area contributed by atoms with Crippen molar-refractivity contribution >= 4 is 0 Å². The van der Waals surface area contributed by atoms with Crippen LogP contribution in [-0.2, 0) is 16.7 Å². The molecule has 0 saturated carbocycles. The van der Waals surface area contributed by atoms with Crippen LogP contribution in [-0.4, -0.2) is 38.3 Å². The van der Waals surface area contributed by atoms with Crippen molar-refractivity contribution in [2.75, 3.05) is 33.4 Å². The van der Waals surface area contributed by atoms with Crippen LogP contribution in [0, 0.1) is 5.92 Å². The molecule has 0 atom stereocenters. The summed E-state index contributed by atoms with van der Waals surface area (Å²) in [4.78, 5) is 2.43. The summed E-state index contributed by atoms with van der Waals surface area (Å²) in [6.07, 6.45) is 2.58. The van der Waals surface area contributed by atoms with E-state index in [0.717, 1.165) is 19.1 Å². The minimum atomic E-state index is 0.272. The molecule has 3 rings (SSSR count). The van der Waals surface area contributed by atoms with Gasteiger partial charge in [0.25, 0.3) is 0 Å². The molecule has 3 heteroatoms. The van der Waals surface area contributed by atoms with Crippen molar-refractivity contribution in [2.24, 2.45) is 11.7 Å². The summed E-state index contributed by atoms with van der Waals surface area (Å²) in [6.45, 7) is 4.84. The van der Waals surface area contributed by atoms with E-state index in [1.807, 2.05) is 0 Å². The number of rotatable bonds is 3. The molecular formula is C16H24N2O. The molecule has 1 aromatic carbocycles. The van der Waals surface area contributed by atoms with Crippen LogP contribution in [0.2, 0.25) is 0 Å². The second-order valence-corrected chi connectivity index (χ2v) is 6.13. The zero-order valence-corrected chi connectivity index (χ0v) is 11.8. The first kappa shape index (κ1) is 13.1. The maximum absolute atomic E-state index is 5.68. The largest absolute Gasteiger partial charge is 0.379 e. The van der Waals surface area contributed by atoms with E-state index < -0.39 is 0 Å². The molecule has 0 radical (unpaired) electrons. The SMILES string of the molecule is CN1CCC(C2(c3ccc(CN)cc3)COC2)CC1. The van der Waals surface area contributed by atoms with E-state index in [1.165, 1.54) is 37.1 Å². The van der Waals surface area contributed by atoms with E-state index in [1.54, 1.807) is 0 Å². The van der Waals surface area contributed by atoms with E-state index in [0.29, 0.717) is 6.54 Å². The Hall–Kier alpha value is -0.900. The third kappa shape index (κ3) is 2.31. The van der Waals surface area contributed by atoms with Crippen LogP contribution in [0.25, 0.3) is 0 Å². The van der Waals surface area contributed by atoms with Crippen molar-refractivity contribution in [1.29, 1.82) is 0 Å². The van der Waals surface area contributed by atoms with Crippen molar-refractivity contribution in [3.63, 3.8) is 0 Å². The van der Waals surface area contributed by atoms with Crippen LogP contribution < -0.4 is 5.73 Å². The molecule has 19 heavy (non-hydrogen) atoms. The van der Waals surface area contributed by atoms with Crippen molar-refractivity contribution in [3.8, 4) is 0 Å². The lowest BCUT2D eigenvalue weighted by Gasteiger charge is -2.50. The van der Waals surface area contributed by atoms with Crippen molar-refractivity contribution in [2.45, 2.75) is 24.8 Å². The molecule has 0 unspecified atom stereocenters. The summed E-state index contributed by atoms with van der Waals surface area (Å²) < 4.78 is 5.59. The maximum atomic E-state index is 5.68. The van der Waals surface area contributed by atoms with Gasteiger partial charge in [-0.05, 0) is 50.0 Å². The van der Waals surface area contributed by atoms with Crippen LogP contribution in [0.1, 0.15) is 24.0 Å². The molecule has 2 saturated heterocycles.